The second-order valence-corrected chi connectivity index (χ2v) is 6.36. The zero-order valence-electron chi connectivity index (χ0n) is 8.11. The van der Waals surface area contributed by atoms with Gasteiger partial charge in [-0.25, -0.2) is 0 Å². The van der Waals surface area contributed by atoms with Gasteiger partial charge in [0.05, 0.1) is 13.2 Å². The van der Waals surface area contributed by atoms with E-state index in [1.54, 1.807) is 0 Å². The van der Waals surface area contributed by atoms with E-state index in [1.165, 1.54) is 7.11 Å². The summed E-state index contributed by atoms with van der Waals surface area (Å²) in [6.45, 7) is -2.74. The van der Waals surface area contributed by atoms with Gasteiger partial charge < -0.3 is 28.5 Å². The standard InChI is InChI=1S/C7H13O6PS/c1-10-14(9,15)13-5-3-12-6-4(8)2-11-7(5)6/h4-8H,2-3H2,1H3,(H,9,15)/t4-,5-,6-,7-,14?/m1/s1. The molecule has 2 aliphatic rings. The Bertz CT molecular complexity index is 287. The molecule has 88 valence electrons. The molecule has 0 radical (unpaired) electrons. The summed E-state index contributed by atoms with van der Waals surface area (Å²) < 4.78 is 20.5. The minimum Gasteiger partial charge on any atom is -0.388 e. The van der Waals surface area contributed by atoms with Crippen LogP contribution in [0.15, 0.2) is 0 Å². The molecule has 2 aliphatic heterocycles. The first kappa shape index (κ1) is 11.9. The summed E-state index contributed by atoms with van der Waals surface area (Å²) in [6, 6.07) is 0. The van der Waals surface area contributed by atoms with E-state index in [0.717, 1.165) is 0 Å². The predicted molar refractivity (Wildman–Crippen MR) is 53.9 cm³/mol. The van der Waals surface area contributed by atoms with Gasteiger partial charge >= 0.3 is 6.72 Å². The highest BCUT2D eigenvalue weighted by Gasteiger charge is 2.49. The fraction of sp³-hybridized carbons (Fsp3) is 1.00. The normalized spacial score (nSPS) is 43.9. The van der Waals surface area contributed by atoms with Gasteiger partial charge in [-0.1, -0.05) is 0 Å². The molecule has 6 nitrogen and oxygen atoms in total. The first-order chi connectivity index (χ1) is 7.03. The number of ether oxygens (including phenoxy) is 2. The highest BCUT2D eigenvalue weighted by Crippen LogP contribution is 2.46. The van der Waals surface area contributed by atoms with Crippen LogP contribution in [0.5, 0.6) is 0 Å². The van der Waals surface area contributed by atoms with Crippen molar-refractivity contribution in [3.05, 3.63) is 0 Å². The fourth-order valence-electron chi connectivity index (χ4n) is 1.75. The number of aliphatic hydroxyl groups excluding tert-OH is 1. The first-order valence-electron chi connectivity index (χ1n) is 4.52. The van der Waals surface area contributed by atoms with Crippen LogP contribution in [-0.4, -0.2) is 54.7 Å². The second kappa shape index (κ2) is 4.35. The SMILES string of the molecule is COP(O)(=S)O[C@@H]1CO[C@H]2[C@@H]1OC[C@H]2O. The Labute approximate surface area is 92.3 Å². The van der Waals surface area contributed by atoms with Crippen molar-refractivity contribution >= 4 is 18.5 Å². The van der Waals surface area contributed by atoms with E-state index in [0.29, 0.717) is 0 Å². The molecule has 2 N–H and O–H groups in total. The average Bonchev–Trinajstić information content (AvgIpc) is 2.72. The maximum atomic E-state index is 9.48. The van der Waals surface area contributed by atoms with Crippen molar-refractivity contribution in [2.45, 2.75) is 24.4 Å². The van der Waals surface area contributed by atoms with Crippen molar-refractivity contribution < 1.29 is 28.5 Å². The van der Waals surface area contributed by atoms with Gasteiger partial charge in [-0.05, 0) is 11.8 Å². The molecule has 2 fully saturated rings. The Morgan fingerprint density at radius 2 is 2.00 bits per heavy atom. The van der Waals surface area contributed by atoms with Gasteiger partial charge in [0.1, 0.15) is 24.4 Å². The van der Waals surface area contributed by atoms with E-state index in [9.17, 15) is 10.00 Å². The molecule has 0 aromatic rings. The highest BCUT2D eigenvalue weighted by molar-refractivity contribution is 8.07. The summed E-state index contributed by atoms with van der Waals surface area (Å²) >= 11 is 4.72. The monoisotopic (exact) mass is 256 g/mol. The maximum absolute atomic E-state index is 9.48. The van der Waals surface area contributed by atoms with E-state index < -0.39 is 18.9 Å². The Morgan fingerprint density at radius 3 is 2.67 bits per heavy atom. The number of rotatable bonds is 3. The van der Waals surface area contributed by atoms with Crippen molar-refractivity contribution in [2.75, 3.05) is 20.3 Å². The summed E-state index contributed by atoms with van der Waals surface area (Å²) in [5, 5.41) is 9.46. The van der Waals surface area contributed by atoms with Crippen molar-refractivity contribution in [3.63, 3.8) is 0 Å². The second-order valence-electron chi connectivity index (χ2n) is 3.46. The summed E-state index contributed by atoms with van der Waals surface area (Å²) in [6.07, 6.45) is -1.86. The van der Waals surface area contributed by atoms with Crippen molar-refractivity contribution in [2.24, 2.45) is 0 Å². The Kier molecular flexibility index (Phi) is 3.45. The number of hydrogen-bond donors (Lipinski definition) is 2. The van der Waals surface area contributed by atoms with E-state index >= 15 is 0 Å². The summed E-state index contributed by atoms with van der Waals surface area (Å²) in [5.74, 6) is 0. The van der Waals surface area contributed by atoms with Gasteiger partial charge in [-0.15, -0.1) is 0 Å². The van der Waals surface area contributed by atoms with Crippen LogP contribution in [0.25, 0.3) is 0 Å². The topological polar surface area (TPSA) is 77.4 Å². The Hall–Kier alpha value is 0.410. The van der Waals surface area contributed by atoms with Gasteiger partial charge in [-0.2, -0.15) is 0 Å². The molecule has 0 bridgehead atoms. The molecular weight excluding hydrogens is 243 g/mol. The summed E-state index contributed by atoms with van der Waals surface area (Å²) in [5.41, 5.74) is 0. The van der Waals surface area contributed by atoms with Gasteiger partial charge in [0, 0.05) is 7.11 Å². The Balaban J connectivity index is 1.98. The molecule has 2 heterocycles. The fourth-order valence-corrected chi connectivity index (χ4v) is 2.69. The smallest absolute Gasteiger partial charge is 0.324 e. The molecule has 0 aliphatic carbocycles. The van der Waals surface area contributed by atoms with Crippen LogP contribution in [0.3, 0.4) is 0 Å². The van der Waals surface area contributed by atoms with Crippen LogP contribution in [0, 0.1) is 0 Å². The van der Waals surface area contributed by atoms with E-state index in [4.69, 9.17) is 25.8 Å². The molecule has 0 aromatic heterocycles. The lowest BCUT2D eigenvalue weighted by molar-refractivity contribution is 0.00510. The van der Waals surface area contributed by atoms with Gasteiger partial charge in [-0.3, -0.25) is 0 Å². The van der Waals surface area contributed by atoms with E-state index in [2.05, 4.69) is 4.52 Å². The quantitative estimate of drug-likeness (QED) is 0.652. The number of aliphatic hydroxyl groups is 1. The van der Waals surface area contributed by atoms with Gasteiger partial charge in [0.25, 0.3) is 0 Å². The lowest BCUT2D eigenvalue weighted by Gasteiger charge is -2.20. The molecule has 15 heavy (non-hydrogen) atoms. The largest absolute Gasteiger partial charge is 0.388 e. The van der Waals surface area contributed by atoms with Crippen LogP contribution in [0.4, 0.5) is 0 Å². The predicted octanol–water partition coefficient (Wildman–Crippen LogP) is -0.607. The minimum absolute atomic E-state index is 0.219. The molecule has 0 spiro atoms. The zero-order valence-corrected chi connectivity index (χ0v) is 9.82. The molecule has 0 saturated carbocycles. The lowest BCUT2D eigenvalue weighted by Crippen LogP contribution is -2.32. The van der Waals surface area contributed by atoms with Crippen LogP contribution in [0.2, 0.25) is 0 Å². The molecule has 2 saturated heterocycles. The van der Waals surface area contributed by atoms with Gasteiger partial charge in [0.2, 0.25) is 0 Å². The molecule has 8 heteroatoms. The first-order valence-corrected chi connectivity index (χ1v) is 7.11. The van der Waals surface area contributed by atoms with E-state index in [1.807, 2.05) is 0 Å². The lowest BCUT2D eigenvalue weighted by atomic mass is 10.1. The summed E-state index contributed by atoms with van der Waals surface area (Å²) in [4.78, 5) is 9.48. The van der Waals surface area contributed by atoms with Crippen LogP contribution in [-0.2, 0) is 30.3 Å². The van der Waals surface area contributed by atoms with Gasteiger partial charge in [0.15, 0.2) is 0 Å². The number of hydrogen-bond acceptors (Lipinski definition) is 6. The average molecular weight is 256 g/mol. The van der Waals surface area contributed by atoms with Crippen molar-refractivity contribution in [1.29, 1.82) is 0 Å². The van der Waals surface area contributed by atoms with Crippen molar-refractivity contribution in [3.8, 4) is 0 Å². The Morgan fingerprint density at radius 1 is 1.33 bits per heavy atom. The zero-order chi connectivity index (χ0) is 11.1. The van der Waals surface area contributed by atoms with Crippen molar-refractivity contribution in [1.82, 2.24) is 0 Å². The third-order valence-electron chi connectivity index (χ3n) is 2.48. The third kappa shape index (κ3) is 2.40. The van der Waals surface area contributed by atoms with Crippen LogP contribution < -0.4 is 0 Å². The number of fused-ring (bicyclic) bond motifs is 1. The summed E-state index contributed by atoms with van der Waals surface area (Å²) in [7, 11) is 1.29. The molecule has 0 amide bonds. The minimum atomic E-state index is -3.20. The highest BCUT2D eigenvalue weighted by atomic mass is 32.5. The van der Waals surface area contributed by atoms with Crippen LogP contribution >= 0.6 is 6.72 Å². The molecular formula is C7H13O6PS. The van der Waals surface area contributed by atoms with Crippen LogP contribution in [0.1, 0.15) is 0 Å². The molecule has 0 aromatic carbocycles. The molecule has 2 rings (SSSR count). The molecule has 5 atom stereocenters. The van der Waals surface area contributed by atoms with E-state index in [-0.39, 0.29) is 25.4 Å². The maximum Gasteiger partial charge on any atom is 0.324 e. The third-order valence-corrected chi connectivity index (χ3v) is 4.19. The molecule has 1 unspecified atom stereocenters.